The van der Waals surface area contributed by atoms with Gasteiger partial charge in [0.15, 0.2) is 34.6 Å². The fourth-order valence-electron chi connectivity index (χ4n) is 6.99. The van der Waals surface area contributed by atoms with Gasteiger partial charge in [-0.05, 0) is 56.9 Å². The first-order valence-electron chi connectivity index (χ1n) is 22.0. The van der Waals surface area contributed by atoms with E-state index in [4.69, 9.17) is 0 Å². The Bertz CT molecular complexity index is 2270. The predicted molar refractivity (Wildman–Crippen MR) is 248 cm³/mol. The van der Waals surface area contributed by atoms with Crippen LogP contribution in [-0.2, 0) is 22.7 Å². The summed E-state index contributed by atoms with van der Waals surface area (Å²) in [6.07, 6.45) is 0.606. The number of aliphatic hydroxyl groups is 7. The quantitative estimate of drug-likeness (QED) is 0.0172. The lowest BCUT2D eigenvalue weighted by Gasteiger charge is -2.36. The second kappa shape index (κ2) is 29.8. The summed E-state index contributed by atoms with van der Waals surface area (Å²) in [5.41, 5.74) is -3.31. The number of carbonyl (C=O) groups is 5. The first-order valence-corrected chi connectivity index (χ1v) is 22.0. The number of hydrogen-bond donors (Lipinski definition) is 12. The minimum atomic E-state index is -1.37. The smallest absolute Gasteiger partial charge is 0.271 e. The van der Waals surface area contributed by atoms with E-state index in [-0.39, 0.29) is 83.2 Å². The zero-order valence-electron chi connectivity index (χ0n) is 38.3. The van der Waals surface area contributed by atoms with Crippen molar-refractivity contribution in [1.82, 2.24) is 35.3 Å². The summed E-state index contributed by atoms with van der Waals surface area (Å²) in [7, 11) is 0. The van der Waals surface area contributed by atoms with Gasteiger partial charge < -0.3 is 76.2 Å². The van der Waals surface area contributed by atoms with Gasteiger partial charge in [-0.15, -0.1) is 0 Å². The van der Waals surface area contributed by atoms with Gasteiger partial charge in [0.25, 0.3) is 23.6 Å². The van der Waals surface area contributed by atoms with Crippen LogP contribution in [0.5, 0.6) is 5.75 Å². The van der Waals surface area contributed by atoms with Crippen molar-refractivity contribution in [2.75, 3.05) is 46.0 Å². The first kappa shape index (κ1) is 57.4. The molecule has 0 aliphatic rings. The molecule has 22 nitrogen and oxygen atoms in total. The Kier molecular flexibility index (Phi) is 25.2. The van der Waals surface area contributed by atoms with Crippen LogP contribution in [0.1, 0.15) is 83.7 Å². The number of carbonyl (C=O) groups excluding carboxylic acids is 5. The Morgan fingerprint density at radius 3 is 1.82 bits per heavy atom. The summed E-state index contributed by atoms with van der Waals surface area (Å²) in [6.45, 7) is 4.49. The number of amides is 4. The van der Waals surface area contributed by atoms with E-state index in [9.17, 15) is 74.4 Å². The third-order valence-electron chi connectivity index (χ3n) is 10.3. The summed E-state index contributed by atoms with van der Waals surface area (Å²) in [6, 6.07) is 11.5. The number of nitrogens with one attached hydrogen (secondary N) is 4. The number of allylic oxidation sites excluding steroid dienone is 1. The Balaban J connectivity index is 0.00000782. The van der Waals surface area contributed by atoms with Crippen molar-refractivity contribution >= 4 is 29.9 Å². The van der Waals surface area contributed by atoms with Crippen molar-refractivity contribution in [2.45, 2.75) is 89.3 Å². The largest absolute Gasteiger partial charge is 0.503 e. The van der Waals surface area contributed by atoms with E-state index in [1.165, 1.54) is 23.0 Å². The van der Waals surface area contributed by atoms with E-state index >= 15 is 0 Å². The molecule has 0 spiro atoms. The number of hydrogen-bond acceptors (Lipinski definition) is 16. The van der Waals surface area contributed by atoms with Crippen LogP contribution < -0.4 is 32.1 Å². The molecule has 0 aliphatic heterocycles. The van der Waals surface area contributed by atoms with Gasteiger partial charge in [-0.1, -0.05) is 38.6 Å². The molecule has 0 saturated heterocycles. The zero-order chi connectivity index (χ0) is 50.8. The molecule has 2 heterocycles. The minimum Gasteiger partial charge on any atom is -0.503 e. The Morgan fingerprint density at radius 1 is 0.750 bits per heavy atom. The predicted octanol–water partition coefficient (Wildman–Crippen LogP) is -0.999. The molecule has 4 unspecified atom stereocenters. The van der Waals surface area contributed by atoms with Crippen LogP contribution >= 0.6 is 0 Å². The van der Waals surface area contributed by atoms with E-state index in [1.54, 1.807) is 30.3 Å². The maximum Gasteiger partial charge on any atom is 0.271 e. The third-order valence-corrected chi connectivity index (χ3v) is 10.3. The Hall–Kier alpha value is -6.69. The lowest BCUT2D eigenvalue weighted by Crippen LogP contribution is -2.50. The van der Waals surface area contributed by atoms with E-state index in [0.29, 0.717) is 5.56 Å². The molecule has 0 saturated carbocycles. The summed E-state index contributed by atoms with van der Waals surface area (Å²) < 4.78 is 2.42. The van der Waals surface area contributed by atoms with Crippen molar-refractivity contribution in [2.24, 2.45) is 0 Å². The lowest BCUT2D eigenvalue weighted by molar-refractivity contribution is -0.120. The molecule has 374 valence electrons. The molecule has 2 aromatic heterocycles. The molecule has 3 aromatic rings. The van der Waals surface area contributed by atoms with Crippen molar-refractivity contribution in [3.05, 3.63) is 123 Å². The fraction of sp³-hybridized carbons (Fsp3) is 0.457. The molecule has 4 atom stereocenters. The van der Waals surface area contributed by atoms with Gasteiger partial charge in [-0.3, -0.25) is 33.6 Å². The SMILES string of the molecule is C=CN(CC(O)CO)/C(C(=O)NCCCC(CCCNC(=O)c1cc(=O)ccn1CC(O)CO)(CCCNC(=O)c1c(O)c(=O)ccn1CC(O)CO)NC(=O)c1ccccc1)=C(/O)C=O.CC. The van der Waals surface area contributed by atoms with Gasteiger partial charge in [-0.25, -0.2) is 0 Å². The first-order chi connectivity index (χ1) is 32.5. The minimum absolute atomic E-state index is 0.00160. The van der Waals surface area contributed by atoms with E-state index in [0.717, 1.165) is 27.8 Å². The highest BCUT2D eigenvalue weighted by atomic mass is 16.3. The third kappa shape index (κ3) is 17.8. The number of aromatic hydroxyl groups is 1. The van der Waals surface area contributed by atoms with Crippen LogP contribution in [0.2, 0.25) is 0 Å². The molecule has 12 N–H and O–H groups in total. The molecular weight excluding hydrogens is 891 g/mol. The molecular formula is C46H65N7O15. The van der Waals surface area contributed by atoms with Crippen LogP contribution in [0.3, 0.4) is 0 Å². The summed E-state index contributed by atoms with van der Waals surface area (Å²) in [4.78, 5) is 91.0. The second-order valence-electron chi connectivity index (χ2n) is 15.3. The zero-order valence-corrected chi connectivity index (χ0v) is 38.3. The molecule has 0 bridgehead atoms. The number of aldehydes is 1. The van der Waals surface area contributed by atoms with Gasteiger partial charge in [0.1, 0.15) is 5.69 Å². The number of pyridine rings is 2. The standard InChI is InChI=1S/C44H59N7O15.C2H6/c1-2-49(22-31(57)25-52)37(36(61)28-55)42(65)46-17-7-14-44(48-40(63)29-9-4-3-5-10-29,13-6-16-45-41(64)34-21-30(56)11-19-50(34)23-32(58)26-53)15-8-18-47-43(66)38-39(62)35(60)12-20-51(38)24-33(59)27-54;1-2/h2-5,9-12,19-21,28,31-33,52-54,57-59,61-62H,1,6-8,13-18,22-27H2,(H,45,64)(H,46,65)(H,47,66)(H,48,63);1-2H3/b37-36+;. The number of aromatic nitrogens is 2. The highest BCUT2D eigenvalue weighted by Crippen LogP contribution is 2.27. The molecule has 4 amide bonds. The van der Waals surface area contributed by atoms with E-state index in [2.05, 4.69) is 27.8 Å². The molecule has 0 aliphatic carbocycles. The van der Waals surface area contributed by atoms with Gasteiger partial charge in [0, 0.05) is 61.3 Å². The van der Waals surface area contributed by atoms with Crippen LogP contribution in [0.4, 0.5) is 0 Å². The monoisotopic (exact) mass is 955 g/mol. The van der Waals surface area contributed by atoms with Crippen LogP contribution in [0.25, 0.3) is 0 Å². The molecule has 68 heavy (non-hydrogen) atoms. The molecule has 3 rings (SSSR count). The van der Waals surface area contributed by atoms with Crippen LogP contribution in [0.15, 0.2) is 94.7 Å². The lowest BCUT2D eigenvalue weighted by atomic mass is 9.83. The van der Waals surface area contributed by atoms with Gasteiger partial charge in [0.2, 0.25) is 5.43 Å². The molecule has 22 heteroatoms. The normalized spacial score (nSPS) is 13.5. The van der Waals surface area contributed by atoms with Crippen molar-refractivity contribution in [3.8, 4) is 5.75 Å². The number of nitrogens with zero attached hydrogens (tertiary/aromatic N) is 3. The maximum absolute atomic E-state index is 13.9. The molecule has 0 fully saturated rings. The Morgan fingerprint density at radius 2 is 1.28 bits per heavy atom. The number of rotatable bonds is 29. The maximum atomic E-state index is 13.9. The summed E-state index contributed by atoms with van der Waals surface area (Å²) in [5, 5.41) is 89.9. The van der Waals surface area contributed by atoms with Crippen molar-refractivity contribution in [3.63, 3.8) is 0 Å². The Labute approximate surface area is 392 Å². The molecule has 1 aromatic carbocycles. The molecule has 0 radical (unpaired) electrons. The van der Waals surface area contributed by atoms with Gasteiger partial charge in [0.05, 0.1) is 57.8 Å². The van der Waals surface area contributed by atoms with Gasteiger partial charge in [-0.2, -0.15) is 0 Å². The van der Waals surface area contributed by atoms with Crippen LogP contribution in [0, 0.1) is 0 Å². The average molecular weight is 956 g/mol. The van der Waals surface area contributed by atoms with E-state index < -0.39 is 108 Å². The van der Waals surface area contributed by atoms with Gasteiger partial charge >= 0.3 is 0 Å². The highest BCUT2D eigenvalue weighted by molar-refractivity contribution is 5.98. The van der Waals surface area contributed by atoms with Crippen molar-refractivity contribution in [1.29, 1.82) is 0 Å². The van der Waals surface area contributed by atoms with Crippen LogP contribution in [-0.4, -0.2) is 155 Å². The number of aliphatic hydroxyl groups excluding tert-OH is 7. The second-order valence-corrected chi connectivity index (χ2v) is 15.3. The summed E-state index contributed by atoms with van der Waals surface area (Å²) >= 11 is 0. The van der Waals surface area contributed by atoms with E-state index in [1.807, 2.05) is 13.8 Å². The fourth-order valence-corrected chi connectivity index (χ4v) is 6.99. The number of benzene rings is 1. The highest BCUT2D eigenvalue weighted by Gasteiger charge is 2.32. The van der Waals surface area contributed by atoms with Crippen molar-refractivity contribution < 1.29 is 64.8 Å². The average Bonchev–Trinajstić information content (AvgIpc) is 3.34. The summed E-state index contributed by atoms with van der Waals surface area (Å²) in [5.74, 6) is -4.84. The topological polar surface area (TPSA) is 343 Å².